The van der Waals surface area contributed by atoms with Gasteiger partial charge in [-0.3, -0.25) is 15.0 Å². The largest absolute Gasteiger partial charge is 0.489 e. The van der Waals surface area contributed by atoms with E-state index in [0.717, 1.165) is 22.9 Å². The van der Waals surface area contributed by atoms with Crippen LogP contribution in [0, 0.1) is 5.41 Å². The summed E-state index contributed by atoms with van der Waals surface area (Å²) in [6.45, 7) is 2.54. The third-order valence-corrected chi connectivity index (χ3v) is 6.83. The first-order chi connectivity index (χ1) is 17.5. The number of hydrogen-bond donors (Lipinski definition) is 1. The molecule has 2 aromatic rings. The summed E-state index contributed by atoms with van der Waals surface area (Å²) >= 11 is 7.05. The van der Waals surface area contributed by atoms with Crippen molar-refractivity contribution < 1.29 is 19.1 Å². The van der Waals surface area contributed by atoms with E-state index in [2.05, 4.69) is 10.1 Å². The fourth-order valence-electron chi connectivity index (χ4n) is 3.73. The number of nitrogens with zero attached hydrogens (tertiary/aromatic N) is 4. The lowest BCUT2D eigenvalue weighted by Gasteiger charge is -2.26. The van der Waals surface area contributed by atoms with Gasteiger partial charge >= 0.3 is 0 Å². The highest BCUT2D eigenvalue weighted by Gasteiger charge is 2.36. The Morgan fingerprint density at radius 2 is 1.86 bits per heavy atom. The molecule has 0 aromatic heterocycles. The van der Waals surface area contributed by atoms with Crippen LogP contribution < -0.4 is 4.74 Å². The van der Waals surface area contributed by atoms with Gasteiger partial charge in [0.25, 0.3) is 5.91 Å². The van der Waals surface area contributed by atoms with Crippen molar-refractivity contribution in [1.82, 2.24) is 9.91 Å². The number of rotatable bonds is 6. The molecule has 0 radical (unpaired) electrons. The van der Waals surface area contributed by atoms with Gasteiger partial charge < -0.3 is 14.4 Å². The van der Waals surface area contributed by atoms with Gasteiger partial charge in [-0.2, -0.15) is 15.1 Å². The fraction of sp³-hybridized carbons (Fsp3) is 0.240. The molecular weight excluding hydrogens is 502 g/mol. The topological polar surface area (TPSA) is 108 Å². The number of thioether (sulfide) groups is 1. The fourth-order valence-corrected chi connectivity index (χ4v) is 4.73. The molecule has 5 rings (SSSR count). The van der Waals surface area contributed by atoms with E-state index < -0.39 is 5.91 Å². The number of fused-ring (bicyclic) bond motifs is 1. The smallest absolute Gasteiger partial charge is 0.283 e. The SMILES string of the molecule is N=C1/C(=C/c2ccc(OCc3ccc(Cl)cc3)cc2)C(=O)N=C2SC(CC(=O)N3CCOCC3)=NN12. The molecule has 11 heteroatoms. The predicted molar refractivity (Wildman–Crippen MR) is 139 cm³/mol. The molecular formula is C25H22ClN5O4S. The maximum Gasteiger partial charge on any atom is 0.283 e. The van der Waals surface area contributed by atoms with Gasteiger partial charge in [-0.25, -0.2) is 0 Å². The first-order valence-corrected chi connectivity index (χ1v) is 12.5. The minimum Gasteiger partial charge on any atom is -0.489 e. The number of benzene rings is 2. The maximum atomic E-state index is 12.7. The molecule has 1 saturated heterocycles. The molecule has 3 aliphatic rings. The molecule has 3 heterocycles. The Morgan fingerprint density at radius 1 is 1.14 bits per heavy atom. The Balaban J connectivity index is 1.24. The second-order valence-corrected chi connectivity index (χ2v) is 9.64. The summed E-state index contributed by atoms with van der Waals surface area (Å²) in [5.41, 5.74) is 1.84. The Hall–Kier alpha value is -3.47. The summed E-state index contributed by atoms with van der Waals surface area (Å²) < 4.78 is 11.1. The van der Waals surface area contributed by atoms with Crippen molar-refractivity contribution in [3.63, 3.8) is 0 Å². The maximum absolute atomic E-state index is 12.7. The van der Waals surface area contributed by atoms with Crippen molar-refractivity contribution in [2.75, 3.05) is 26.3 Å². The summed E-state index contributed by atoms with van der Waals surface area (Å²) in [6.07, 6.45) is 1.70. The highest BCUT2D eigenvalue weighted by Crippen LogP contribution is 2.30. The number of morpholine rings is 1. The summed E-state index contributed by atoms with van der Waals surface area (Å²) in [4.78, 5) is 31.0. The summed E-state index contributed by atoms with van der Waals surface area (Å²) in [6, 6.07) is 14.6. The minimum absolute atomic E-state index is 0.0583. The van der Waals surface area contributed by atoms with Crippen LogP contribution >= 0.6 is 23.4 Å². The molecule has 3 aliphatic heterocycles. The predicted octanol–water partition coefficient (Wildman–Crippen LogP) is 3.79. The van der Waals surface area contributed by atoms with Crippen LogP contribution in [0.1, 0.15) is 17.5 Å². The Morgan fingerprint density at radius 3 is 2.58 bits per heavy atom. The van der Waals surface area contributed by atoms with Gasteiger partial charge in [0.05, 0.1) is 25.2 Å². The van der Waals surface area contributed by atoms with Crippen LogP contribution in [-0.4, -0.2) is 64.1 Å². The standard InChI is InChI=1S/C25H22ClN5O4S/c26-18-5-1-17(2-6-18)15-35-19-7-3-16(4-8-19)13-20-23(27)31-25(28-24(20)33)36-21(29-31)14-22(32)30-9-11-34-12-10-30/h1-8,13,27H,9-12,14-15H2/b20-13-,27-23?. The quantitative estimate of drug-likeness (QED) is 0.577. The summed E-state index contributed by atoms with van der Waals surface area (Å²) in [5.74, 6) is 0.0247. The van der Waals surface area contributed by atoms with E-state index in [-0.39, 0.29) is 28.9 Å². The van der Waals surface area contributed by atoms with Crippen molar-refractivity contribution in [3.05, 3.63) is 70.3 Å². The molecule has 2 aromatic carbocycles. The van der Waals surface area contributed by atoms with Crippen molar-refractivity contribution in [2.24, 2.45) is 10.1 Å². The molecule has 0 aliphatic carbocycles. The van der Waals surface area contributed by atoms with Gasteiger partial charge in [-0.15, -0.1) is 0 Å². The van der Waals surface area contributed by atoms with Gasteiger partial charge in [0.2, 0.25) is 11.1 Å². The van der Waals surface area contributed by atoms with E-state index in [1.807, 2.05) is 24.3 Å². The normalized spacial score (nSPS) is 18.8. The Bertz CT molecular complexity index is 1280. The number of amidine groups is 2. The van der Waals surface area contributed by atoms with E-state index in [0.29, 0.717) is 48.7 Å². The molecule has 2 amide bonds. The average Bonchev–Trinajstić information content (AvgIpc) is 3.29. The van der Waals surface area contributed by atoms with E-state index >= 15 is 0 Å². The summed E-state index contributed by atoms with van der Waals surface area (Å²) in [7, 11) is 0. The number of hydrogen-bond acceptors (Lipinski definition) is 7. The highest BCUT2D eigenvalue weighted by atomic mass is 35.5. The second-order valence-electron chi connectivity index (χ2n) is 8.17. The number of halogens is 1. The first-order valence-electron chi connectivity index (χ1n) is 11.3. The monoisotopic (exact) mass is 523 g/mol. The van der Waals surface area contributed by atoms with Crippen LogP contribution in [0.3, 0.4) is 0 Å². The van der Waals surface area contributed by atoms with Crippen LogP contribution in [0.25, 0.3) is 6.08 Å². The second kappa shape index (κ2) is 10.7. The lowest BCUT2D eigenvalue weighted by molar-refractivity contribution is -0.133. The molecule has 9 nitrogen and oxygen atoms in total. The third-order valence-electron chi connectivity index (χ3n) is 5.67. The lowest BCUT2D eigenvalue weighted by Crippen LogP contribution is -2.41. The zero-order chi connectivity index (χ0) is 25.1. The zero-order valence-corrected chi connectivity index (χ0v) is 20.7. The van der Waals surface area contributed by atoms with E-state index in [1.54, 1.807) is 35.2 Å². The number of hydrazone groups is 1. The van der Waals surface area contributed by atoms with Gasteiger partial charge in [0.1, 0.15) is 17.4 Å². The third kappa shape index (κ3) is 5.51. The molecule has 0 atom stereocenters. The van der Waals surface area contributed by atoms with Crippen molar-refractivity contribution in [3.8, 4) is 5.75 Å². The molecule has 184 valence electrons. The number of amides is 2. The van der Waals surface area contributed by atoms with Crippen LogP contribution in [0.5, 0.6) is 5.75 Å². The van der Waals surface area contributed by atoms with Gasteiger partial charge in [0, 0.05) is 18.1 Å². The average molecular weight is 524 g/mol. The molecule has 0 bridgehead atoms. The number of carbonyl (C=O) groups excluding carboxylic acids is 2. The molecule has 1 fully saturated rings. The van der Waals surface area contributed by atoms with Gasteiger partial charge in [-0.05, 0) is 53.2 Å². The zero-order valence-electron chi connectivity index (χ0n) is 19.1. The van der Waals surface area contributed by atoms with E-state index in [9.17, 15) is 9.59 Å². The molecule has 0 spiro atoms. The van der Waals surface area contributed by atoms with Crippen LogP contribution in [0.4, 0.5) is 0 Å². The van der Waals surface area contributed by atoms with Crippen LogP contribution in [0.2, 0.25) is 5.02 Å². The van der Waals surface area contributed by atoms with Crippen molar-refractivity contribution in [1.29, 1.82) is 5.41 Å². The van der Waals surface area contributed by atoms with Crippen LogP contribution in [-0.2, 0) is 20.9 Å². The first kappa shape index (κ1) is 24.2. The summed E-state index contributed by atoms with van der Waals surface area (Å²) in [5, 5.41) is 15.7. The molecule has 0 unspecified atom stereocenters. The van der Waals surface area contributed by atoms with Crippen LogP contribution in [0.15, 0.2) is 64.2 Å². The Kier molecular flexibility index (Phi) is 7.17. The number of aliphatic imine (C=N–C) groups is 1. The number of ether oxygens (including phenoxy) is 2. The molecule has 1 N–H and O–H groups in total. The van der Waals surface area contributed by atoms with E-state index in [4.69, 9.17) is 26.5 Å². The number of nitrogens with one attached hydrogen (secondary N) is 1. The van der Waals surface area contributed by atoms with Gasteiger partial charge in [0.15, 0.2) is 5.84 Å². The van der Waals surface area contributed by atoms with E-state index in [1.165, 1.54) is 5.01 Å². The lowest BCUT2D eigenvalue weighted by atomic mass is 10.1. The molecule has 36 heavy (non-hydrogen) atoms. The highest BCUT2D eigenvalue weighted by molar-refractivity contribution is 8.27. The number of carbonyl (C=O) groups is 2. The molecule has 0 saturated carbocycles. The minimum atomic E-state index is -0.516. The van der Waals surface area contributed by atoms with Crippen molar-refractivity contribution >= 4 is 57.3 Å². The van der Waals surface area contributed by atoms with Crippen molar-refractivity contribution in [2.45, 2.75) is 13.0 Å². The van der Waals surface area contributed by atoms with Gasteiger partial charge in [-0.1, -0.05) is 35.9 Å². The Labute approximate surface area is 216 Å².